The summed E-state index contributed by atoms with van der Waals surface area (Å²) in [5, 5.41) is 9.73. The first-order valence-electron chi connectivity index (χ1n) is 11.4. The van der Waals surface area contributed by atoms with Gasteiger partial charge in [-0.3, -0.25) is 9.69 Å². The Bertz CT molecular complexity index is 1070. The topological polar surface area (TPSA) is 95.0 Å². The minimum Gasteiger partial charge on any atom is -0.465 e. The third-order valence-electron chi connectivity index (χ3n) is 6.87. The number of amides is 2. The third kappa shape index (κ3) is 5.59. The van der Waals surface area contributed by atoms with Crippen molar-refractivity contribution in [2.75, 3.05) is 13.1 Å². The Hall–Kier alpha value is -2.30. The summed E-state index contributed by atoms with van der Waals surface area (Å²) in [4.78, 5) is 27.5. The van der Waals surface area contributed by atoms with Crippen LogP contribution in [0, 0.1) is 5.92 Å². The molecule has 2 rings (SSSR count). The van der Waals surface area contributed by atoms with Gasteiger partial charge >= 0.3 is 12.3 Å². The van der Waals surface area contributed by atoms with E-state index < -0.39 is 49.4 Å². The molecule has 1 fully saturated rings. The minimum absolute atomic E-state index is 0.214. The van der Waals surface area contributed by atoms with Crippen LogP contribution in [-0.4, -0.2) is 64.2 Å². The zero-order valence-corrected chi connectivity index (χ0v) is 22.0. The lowest BCUT2D eigenvalue weighted by atomic mass is 9.85. The Labute approximate surface area is 205 Å². The predicted molar refractivity (Wildman–Crippen MR) is 126 cm³/mol. The second-order valence-electron chi connectivity index (χ2n) is 11.0. The van der Waals surface area contributed by atoms with Gasteiger partial charge in [0.1, 0.15) is 5.54 Å². The van der Waals surface area contributed by atoms with E-state index in [0.717, 1.165) is 17.0 Å². The Morgan fingerprint density at radius 1 is 1.00 bits per heavy atom. The number of rotatable bonds is 5. The van der Waals surface area contributed by atoms with Gasteiger partial charge in [0.15, 0.2) is 9.84 Å². The Morgan fingerprint density at radius 3 is 1.94 bits per heavy atom. The van der Waals surface area contributed by atoms with Crippen molar-refractivity contribution in [1.82, 2.24) is 9.80 Å². The number of benzene rings is 1. The van der Waals surface area contributed by atoms with Crippen LogP contribution < -0.4 is 0 Å². The first-order valence-corrected chi connectivity index (χ1v) is 12.9. The summed E-state index contributed by atoms with van der Waals surface area (Å²) < 4.78 is 64.7. The molecule has 1 N–H and O–H groups in total. The van der Waals surface area contributed by atoms with Crippen LogP contribution in [0.3, 0.4) is 0 Å². The van der Waals surface area contributed by atoms with E-state index in [1.165, 1.54) is 24.8 Å². The van der Waals surface area contributed by atoms with Crippen LogP contribution in [0.1, 0.15) is 66.9 Å². The molecule has 7 nitrogen and oxygen atoms in total. The number of carboxylic acid groups (broad SMARTS) is 1. The van der Waals surface area contributed by atoms with Gasteiger partial charge in [-0.2, -0.15) is 13.2 Å². The van der Waals surface area contributed by atoms with Crippen LogP contribution in [-0.2, 0) is 20.8 Å². The van der Waals surface area contributed by atoms with Gasteiger partial charge in [-0.1, -0.05) is 6.07 Å². The van der Waals surface area contributed by atoms with Gasteiger partial charge in [-0.25, -0.2) is 13.2 Å². The van der Waals surface area contributed by atoms with Crippen molar-refractivity contribution in [2.45, 2.75) is 88.2 Å². The van der Waals surface area contributed by atoms with Gasteiger partial charge in [-0.05, 0) is 85.4 Å². The van der Waals surface area contributed by atoms with E-state index in [2.05, 4.69) is 0 Å². The van der Waals surface area contributed by atoms with Gasteiger partial charge in [0.05, 0.1) is 15.2 Å². The fourth-order valence-corrected chi connectivity index (χ4v) is 6.81. The average molecular weight is 521 g/mol. The minimum atomic E-state index is -4.66. The summed E-state index contributed by atoms with van der Waals surface area (Å²) in [6.07, 6.45) is -5.25. The van der Waals surface area contributed by atoms with E-state index in [-0.39, 0.29) is 23.9 Å². The number of piperidine rings is 1. The van der Waals surface area contributed by atoms with Crippen molar-refractivity contribution in [2.24, 2.45) is 5.92 Å². The van der Waals surface area contributed by atoms with E-state index in [0.29, 0.717) is 18.9 Å². The Kier molecular flexibility index (Phi) is 7.68. The van der Waals surface area contributed by atoms with Gasteiger partial charge in [-0.15, -0.1) is 0 Å². The fraction of sp³-hybridized carbons (Fsp3) is 0.667. The molecule has 0 unspecified atom stereocenters. The molecular formula is C24H35F3N2O5S. The zero-order chi connectivity index (χ0) is 27.2. The number of nitrogens with zero attached hydrogens (tertiary/aromatic N) is 2. The fourth-order valence-electron chi connectivity index (χ4n) is 4.99. The number of hydrogen-bond acceptors (Lipinski definition) is 4. The molecule has 1 aliphatic rings. The average Bonchev–Trinajstić information content (AvgIpc) is 2.71. The van der Waals surface area contributed by atoms with Gasteiger partial charge < -0.3 is 10.0 Å². The lowest BCUT2D eigenvalue weighted by molar-refractivity contribution is -0.146. The smallest absolute Gasteiger partial charge is 0.416 e. The highest BCUT2D eigenvalue weighted by Gasteiger charge is 2.49. The lowest BCUT2D eigenvalue weighted by Crippen LogP contribution is -2.64. The van der Waals surface area contributed by atoms with Crippen molar-refractivity contribution in [1.29, 1.82) is 0 Å². The van der Waals surface area contributed by atoms with E-state index >= 15 is 0 Å². The number of likely N-dealkylation sites (tertiary alicyclic amines) is 1. The zero-order valence-electron chi connectivity index (χ0n) is 21.2. The molecule has 198 valence electrons. The largest absolute Gasteiger partial charge is 0.465 e. The van der Waals surface area contributed by atoms with Crippen LogP contribution in [0.2, 0.25) is 0 Å². The van der Waals surface area contributed by atoms with E-state index in [1.54, 1.807) is 34.6 Å². The Balaban J connectivity index is 2.24. The lowest BCUT2D eigenvalue weighted by Gasteiger charge is -2.47. The summed E-state index contributed by atoms with van der Waals surface area (Å²) in [6.45, 7) is 11.6. The number of hydrogen-bond donors (Lipinski definition) is 1. The van der Waals surface area contributed by atoms with Gasteiger partial charge in [0.2, 0.25) is 5.91 Å². The monoisotopic (exact) mass is 520 g/mol. The molecule has 2 amide bonds. The van der Waals surface area contributed by atoms with Crippen LogP contribution in [0.5, 0.6) is 0 Å². The first-order chi connectivity index (χ1) is 15.6. The van der Waals surface area contributed by atoms with Crippen LogP contribution in [0.25, 0.3) is 0 Å². The van der Waals surface area contributed by atoms with Crippen molar-refractivity contribution in [3.05, 3.63) is 29.8 Å². The maximum atomic E-state index is 13.4. The molecule has 0 bridgehead atoms. The molecule has 0 atom stereocenters. The molecule has 0 aliphatic carbocycles. The van der Waals surface area contributed by atoms with Crippen LogP contribution in [0.4, 0.5) is 18.0 Å². The predicted octanol–water partition coefficient (Wildman–Crippen LogP) is 5.05. The van der Waals surface area contributed by atoms with E-state index in [9.17, 15) is 36.3 Å². The highest BCUT2D eigenvalue weighted by atomic mass is 32.2. The molecule has 11 heteroatoms. The van der Waals surface area contributed by atoms with Crippen LogP contribution >= 0.6 is 0 Å². The molecule has 1 heterocycles. The van der Waals surface area contributed by atoms with Gasteiger partial charge in [0, 0.05) is 18.6 Å². The highest BCUT2D eigenvalue weighted by Crippen LogP contribution is 2.40. The van der Waals surface area contributed by atoms with E-state index in [1.807, 2.05) is 0 Å². The third-order valence-corrected chi connectivity index (χ3v) is 9.47. The summed E-state index contributed by atoms with van der Waals surface area (Å²) in [5.41, 5.74) is -3.21. The quantitative estimate of drug-likeness (QED) is 0.586. The summed E-state index contributed by atoms with van der Waals surface area (Å²) in [7, 11) is -4.12. The number of sulfone groups is 1. The molecule has 1 aromatic rings. The molecule has 0 saturated carbocycles. The molecule has 1 aromatic carbocycles. The van der Waals surface area contributed by atoms with Crippen LogP contribution in [0.15, 0.2) is 29.2 Å². The second-order valence-corrected chi connectivity index (χ2v) is 13.6. The normalized spacial score (nSPS) is 16.8. The molecule has 1 aliphatic heterocycles. The molecule has 1 saturated heterocycles. The highest BCUT2D eigenvalue weighted by molar-refractivity contribution is 7.92. The van der Waals surface area contributed by atoms with Crippen molar-refractivity contribution in [3.63, 3.8) is 0 Å². The molecule has 0 spiro atoms. The second kappa shape index (κ2) is 9.29. The maximum Gasteiger partial charge on any atom is 0.416 e. The van der Waals surface area contributed by atoms with Crippen molar-refractivity contribution < 1.29 is 36.3 Å². The standard InChI is InChI=1S/C24H35F3N2O5S/c1-21(2,3)29(20(31)32)22(4,5)19(30)28-13-11-16(12-14-28)23(6,7)35(33,34)18-10-8-9-17(15-18)24(25,26)27/h8-10,15-16H,11-14H2,1-7H3,(H,31,32). The summed E-state index contributed by atoms with van der Waals surface area (Å²) >= 11 is 0. The molecular weight excluding hydrogens is 485 g/mol. The SMILES string of the molecule is CC(C)(C)N(C(=O)O)C(C)(C)C(=O)N1CCC(C(C)(C)S(=O)(=O)c2cccc(C(F)(F)F)c2)CC1. The van der Waals surface area contributed by atoms with E-state index in [4.69, 9.17) is 0 Å². The number of alkyl halides is 3. The van der Waals surface area contributed by atoms with Crippen molar-refractivity contribution >= 4 is 21.8 Å². The summed E-state index contributed by atoms with van der Waals surface area (Å²) in [5.74, 6) is -0.792. The van der Waals surface area contributed by atoms with Crippen molar-refractivity contribution in [3.8, 4) is 0 Å². The Morgan fingerprint density at radius 2 is 1.51 bits per heavy atom. The molecule has 0 radical (unpaired) electrons. The van der Waals surface area contributed by atoms with Gasteiger partial charge in [0.25, 0.3) is 0 Å². The summed E-state index contributed by atoms with van der Waals surface area (Å²) in [6, 6.07) is 3.74. The molecule has 0 aromatic heterocycles. The molecule has 35 heavy (non-hydrogen) atoms. The first kappa shape index (κ1) is 28.9. The number of carbonyl (C=O) groups is 2. The maximum absolute atomic E-state index is 13.4. The number of halogens is 3. The number of carbonyl (C=O) groups excluding carboxylic acids is 1.